The van der Waals surface area contributed by atoms with E-state index in [4.69, 9.17) is 14.9 Å². The molecule has 0 bridgehead atoms. The zero-order chi connectivity index (χ0) is 10.8. The molecule has 0 aliphatic heterocycles. The van der Waals surface area contributed by atoms with Crippen LogP contribution in [0.1, 0.15) is 19.3 Å². The van der Waals surface area contributed by atoms with E-state index in [1.165, 1.54) is 0 Å². The summed E-state index contributed by atoms with van der Waals surface area (Å²) in [7, 11) is 0. The molecule has 3 nitrogen and oxygen atoms in total. The first-order valence-electron chi connectivity index (χ1n) is 4.88. The zero-order valence-electron chi connectivity index (χ0n) is 8.56. The Morgan fingerprint density at radius 1 is 1.07 bits per heavy atom. The van der Waals surface area contributed by atoms with Crippen LogP contribution < -0.4 is 0 Å². The Labute approximate surface area is 85.7 Å². The van der Waals surface area contributed by atoms with Crippen molar-refractivity contribution in [3.8, 4) is 0 Å². The van der Waals surface area contributed by atoms with Crippen molar-refractivity contribution in [2.45, 2.75) is 31.5 Å². The molecule has 0 amide bonds. The highest BCUT2D eigenvalue weighted by molar-refractivity contribution is 4.74. The summed E-state index contributed by atoms with van der Waals surface area (Å²) >= 11 is 0. The second-order valence-corrected chi connectivity index (χ2v) is 3.18. The average molecular weight is 200 g/mol. The van der Waals surface area contributed by atoms with E-state index in [1.807, 2.05) is 0 Å². The van der Waals surface area contributed by atoms with E-state index in [0.717, 1.165) is 19.3 Å². The van der Waals surface area contributed by atoms with Crippen molar-refractivity contribution in [1.82, 2.24) is 0 Å². The SMILES string of the molecule is C=CCOCC=C.OC1CCCC1O. The van der Waals surface area contributed by atoms with Crippen LogP contribution in [0.4, 0.5) is 0 Å². The molecule has 1 aliphatic rings. The number of aliphatic hydroxyl groups excluding tert-OH is 2. The molecule has 1 rings (SSSR count). The minimum absolute atomic E-state index is 0.431. The minimum Gasteiger partial charge on any atom is -0.390 e. The van der Waals surface area contributed by atoms with Crippen molar-refractivity contribution in [1.29, 1.82) is 0 Å². The van der Waals surface area contributed by atoms with Crippen LogP contribution in [0.2, 0.25) is 0 Å². The van der Waals surface area contributed by atoms with E-state index in [1.54, 1.807) is 12.2 Å². The molecule has 0 aromatic carbocycles. The highest BCUT2D eigenvalue weighted by Crippen LogP contribution is 2.17. The Kier molecular flexibility index (Phi) is 8.53. The van der Waals surface area contributed by atoms with E-state index >= 15 is 0 Å². The first-order chi connectivity index (χ1) is 6.72. The second-order valence-electron chi connectivity index (χ2n) is 3.18. The van der Waals surface area contributed by atoms with Gasteiger partial charge in [0.1, 0.15) is 0 Å². The van der Waals surface area contributed by atoms with Crippen molar-refractivity contribution in [3.05, 3.63) is 25.3 Å². The lowest BCUT2D eigenvalue weighted by Crippen LogP contribution is -2.17. The smallest absolute Gasteiger partial charge is 0.0799 e. The van der Waals surface area contributed by atoms with Gasteiger partial charge in [0, 0.05) is 0 Å². The van der Waals surface area contributed by atoms with Crippen LogP contribution in [-0.4, -0.2) is 35.6 Å². The first kappa shape index (κ1) is 13.4. The summed E-state index contributed by atoms with van der Waals surface area (Å²) in [5, 5.41) is 17.5. The molecule has 0 aromatic rings. The van der Waals surface area contributed by atoms with Crippen LogP contribution in [0.3, 0.4) is 0 Å². The highest BCUT2D eigenvalue weighted by atomic mass is 16.5. The van der Waals surface area contributed by atoms with E-state index in [-0.39, 0.29) is 0 Å². The predicted molar refractivity (Wildman–Crippen MR) is 57.1 cm³/mol. The van der Waals surface area contributed by atoms with Gasteiger partial charge in [-0.05, 0) is 19.3 Å². The van der Waals surface area contributed by atoms with Crippen molar-refractivity contribution in [3.63, 3.8) is 0 Å². The minimum atomic E-state index is -0.431. The molecular formula is C11H20O3. The van der Waals surface area contributed by atoms with Gasteiger partial charge in [-0.3, -0.25) is 0 Å². The van der Waals surface area contributed by atoms with E-state index in [0.29, 0.717) is 13.2 Å². The van der Waals surface area contributed by atoms with Crippen molar-refractivity contribution in [2.75, 3.05) is 13.2 Å². The van der Waals surface area contributed by atoms with Crippen molar-refractivity contribution < 1.29 is 14.9 Å². The highest BCUT2D eigenvalue weighted by Gasteiger charge is 2.21. The van der Waals surface area contributed by atoms with Gasteiger partial charge < -0.3 is 14.9 Å². The summed E-state index contributed by atoms with van der Waals surface area (Å²) in [6.45, 7) is 8.18. The Hall–Kier alpha value is -0.640. The molecule has 0 spiro atoms. The second kappa shape index (κ2) is 8.94. The van der Waals surface area contributed by atoms with Crippen LogP contribution in [-0.2, 0) is 4.74 Å². The normalized spacial score (nSPS) is 25.0. The molecule has 1 fully saturated rings. The van der Waals surface area contributed by atoms with Crippen molar-refractivity contribution in [2.24, 2.45) is 0 Å². The van der Waals surface area contributed by atoms with E-state index in [2.05, 4.69) is 13.2 Å². The molecule has 0 radical (unpaired) electrons. The van der Waals surface area contributed by atoms with Gasteiger partial charge in [-0.15, -0.1) is 13.2 Å². The molecule has 2 unspecified atom stereocenters. The molecule has 2 atom stereocenters. The fraction of sp³-hybridized carbons (Fsp3) is 0.636. The Bertz CT molecular complexity index is 141. The molecule has 0 heterocycles. The van der Waals surface area contributed by atoms with Gasteiger partial charge in [0.25, 0.3) is 0 Å². The fourth-order valence-corrected chi connectivity index (χ4v) is 1.16. The predicted octanol–water partition coefficient (Wildman–Crippen LogP) is 1.27. The third kappa shape index (κ3) is 6.83. The lowest BCUT2D eigenvalue weighted by Gasteiger charge is -2.03. The summed E-state index contributed by atoms with van der Waals surface area (Å²) in [4.78, 5) is 0. The summed E-state index contributed by atoms with van der Waals surface area (Å²) in [6.07, 6.45) is 5.09. The van der Waals surface area contributed by atoms with Crippen LogP contribution in [0.25, 0.3) is 0 Å². The summed E-state index contributed by atoms with van der Waals surface area (Å²) < 4.78 is 4.90. The van der Waals surface area contributed by atoms with Crippen LogP contribution in [0.5, 0.6) is 0 Å². The first-order valence-corrected chi connectivity index (χ1v) is 4.88. The number of hydrogen-bond acceptors (Lipinski definition) is 3. The maximum absolute atomic E-state index is 8.75. The maximum Gasteiger partial charge on any atom is 0.0799 e. The standard InChI is InChI=1S/C6H10O.C5H10O2/c1-3-5-7-6-4-2;6-4-2-1-3-5(4)7/h3-4H,1-2,5-6H2;4-7H,1-3H2. The van der Waals surface area contributed by atoms with Gasteiger partial charge in [0.05, 0.1) is 25.4 Å². The van der Waals surface area contributed by atoms with E-state index in [9.17, 15) is 0 Å². The summed E-state index contributed by atoms with van der Waals surface area (Å²) in [6, 6.07) is 0. The Morgan fingerprint density at radius 3 is 1.71 bits per heavy atom. The van der Waals surface area contributed by atoms with Gasteiger partial charge in [-0.1, -0.05) is 12.2 Å². The van der Waals surface area contributed by atoms with Gasteiger partial charge in [0.15, 0.2) is 0 Å². The third-order valence-electron chi connectivity index (χ3n) is 1.92. The quantitative estimate of drug-likeness (QED) is 0.530. The van der Waals surface area contributed by atoms with E-state index < -0.39 is 12.2 Å². The Morgan fingerprint density at radius 2 is 1.50 bits per heavy atom. The largest absolute Gasteiger partial charge is 0.390 e. The van der Waals surface area contributed by atoms with Crippen molar-refractivity contribution >= 4 is 0 Å². The summed E-state index contributed by atoms with van der Waals surface area (Å²) in [5.74, 6) is 0. The van der Waals surface area contributed by atoms with Gasteiger partial charge >= 0.3 is 0 Å². The number of aliphatic hydroxyl groups is 2. The van der Waals surface area contributed by atoms with Crippen LogP contribution >= 0.6 is 0 Å². The van der Waals surface area contributed by atoms with Crippen LogP contribution in [0.15, 0.2) is 25.3 Å². The number of rotatable bonds is 4. The topological polar surface area (TPSA) is 49.7 Å². The lowest BCUT2D eigenvalue weighted by molar-refractivity contribution is 0.0438. The monoisotopic (exact) mass is 200 g/mol. The number of hydrogen-bond donors (Lipinski definition) is 2. The maximum atomic E-state index is 8.75. The van der Waals surface area contributed by atoms with Gasteiger partial charge in [-0.2, -0.15) is 0 Å². The zero-order valence-corrected chi connectivity index (χ0v) is 8.56. The molecule has 0 saturated heterocycles. The third-order valence-corrected chi connectivity index (χ3v) is 1.92. The molecule has 14 heavy (non-hydrogen) atoms. The van der Waals surface area contributed by atoms with Gasteiger partial charge in [-0.25, -0.2) is 0 Å². The molecular weight excluding hydrogens is 180 g/mol. The molecule has 0 aromatic heterocycles. The number of ether oxygens (including phenoxy) is 1. The average Bonchev–Trinajstić information content (AvgIpc) is 2.53. The van der Waals surface area contributed by atoms with Gasteiger partial charge in [0.2, 0.25) is 0 Å². The van der Waals surface area contributed by atoms with Crippen LogP contribution in [0, 0.1) is 0 Å². The molecule has 1 saturated carbocycles. The fourth-order valence-electron chi connectivity index (χ4n) is 1.16. The lowest BCUT2D eigenvalue weighted by atomic mass is 10.3. The Balaban J connectivity index is 0.000000241. The molecule has 1 aliphatic carbocycles. The summed E-state index contributed by atoms with van der Waals surface area (Å²) in [5.41, 5.74) is 0. The molecule has 82 valence electrons. The molecule has 2 N–H and O–H groups in total. The molecule has 3 heteroatoms.